The third-order valence-corrected chi connectivity index (χ3v) is 7.13. The molecule has 1 saturated heterocycles. The van der Waals surface area contributed by atoms with Gasteiger partial charge < -0.3 is 9.80 Å². The Morgan fingerprint density at radius 1 is 0.939 bits per heavy atom. The third kappa shape index (κ3) is 5.31. The fourth-order valence-corrected chi connectivity index (χ4v) is 5.32. The van der Waals surface area contributed by atoms with Crippen molar-refractivity contribution in [3.8, 4) is 0 Å². The second kappa shape index (κ2) is 10.3. The predicted molar refractivity (Wildman–Crippen MR) is 131 cm³/mol. The maximum atomic E-state index is 13.6. The topological polar surface area (TPSA) is 56.8 Å². The molecule has 0 aliphatic carbocycles. The van der Waals surface area contributed by atoms with E-state index in [1.807, 2.05) is 72.5 Å². The number of aromatic nitrogens is 1. The van der Waals surface area contributed by atoms with Crippen LogP contribution in [-0.4, -0.2) is 71.8 Å². The van der Waals surface area contributed by atoms with Gasteiger partial charge in [0, 0.05) is 40.3 Å². The molecular weight excluding hydrogens is 432 g/mol. The second-order valence-corrected chi connectivity index (χ2v) is 9.66. The first-order valence-electron chi connectivity index (χ1n) is 11.2. The van der Waals surface area contributed by atoms with E-state index in [2.05, 4.69) is 9.88 Å². The van der Waals surface area contributed by atoms with Crippen LogP contribution >= 0.6 is 11.3 Å². The Morgan fingerprint density at radius 3 is 2.00 bits per heavy atom. The molecule has 0 saturated carbocycles. The van der Waals surface area contributed by atoms with Crippen molar-refractivity contribution >= 4 is 23.2 Å². The van der Waals surface area contributed by atoms with E-state index < -0.39 is 0 Å². The molecule has 0 N–H and O–H groups in total. The summed E-state index contributed by atoms with van der Waals surface area (Å²) in [6.07, 6.45) is 0. The van der Waals surface area contributed by atoms with Gasteiger partial charge in [-0.2, -0.15) is 0 Å². The molecule has 2 amide bonds. The van der Waals surface area contributed by atoms with Crippen molar-refractivity contribution in [1.29, 1.82) is 0 Å². The minimum absolute atomic E-state index is 0.000434. The average Bonchev–Trinajstić information content (AvgIpc) is 3.20. The smallest absolute Gasteiger partial charge is 0.265 e. The van der Waals surface area contributed by atoms with Crippen molar-refractivity contribution < 1.29 is 9.59 Å². The monoisotopic (exact) mass is 462 g/mol. The second-order valence-electron chi connectivity index (χ2n) is 8.58. The van der Waals surface area contributed by atoms with Crippen LogP contribution in [0.1, 0.15) is 37.4 Å². The van der Waals surface area contributed by atoms with Crippen molar-refractivity contribution in [2.45, 2.75) is 19.4 Å². The number of hydrogen-bond acceptors (Lipinski definition) is 5. The summed E-state index contributed by atoms with van der Waals surface area (Å²) in [6.45, 7) is 5.54. The number of rotatable bonds is 6. The van der Waals surface area contributed by atoms with Crippen LogP contribution in [0.15, 0.2) is 60.7 Å². The van der Waals surface area contributed by atoms with Crippen LogP contribution in [0.3, 0.4) is 0 Å². The summed E-state index contributed by atoms with van der Waals surface area (Å²) in [5.74, 6) is -0.143. The molecule has 2 aromatic carbocycles. The Kier molecular flexibility index (Phi) is 7.20. The van der Waals surface area contributed by atoms with Crippen LogP contribution in [0.5, 0.6) is 0 Å². The van der Waals surface area contributed by atoms with Crippen molar-refractivity contribution in [2.24, 2.45) is 0 Å². The van der Waals surface area contributed by atoms with Crippen molar-refractivity contribution in [1.82, 2.24) is 19.7 Å². The van der Waals surface area contributed by atoms with Gasteiger partial charge in [0.05, 0.1) is 18.2 Å². The van der Waals surface area contributed by atoms with Gasteiger partial charge in [0.15, 0.2) is 0 Å². The molecule has 4 rings (SSSR count). The lowest BCUT2D eigenvalue weighted by Gasteiger charge is -2.36. The zero-order chi connectivity index (χ0) is 23.4. The first-order chi connectivity index (χ1) is 15.9. The molecule has 6 nitrogen and oxygen atoms in total. The summed E-state index contributed by atoms with van der Waals surface area (Å²) < 4.78 is 0. The highest BCUT2D eigenvalue weighted by Gasteiger charge is 2.30. The Labute approximate surface area is 199 Å². The van der Waals surface area contributed by atoms with E-state index in [4.69, 9.17) is 0 Å². The number of carbonyl (C=O) groups is 2. The lowest BCUT2D eigenvalue weighted by molar-refractivity contribution is -0.133. The lowest BCUT2D eigenvalue weighted by Crippen LogP contribution is -2.49. The van der Waals surface area contributed by atoms with Crippen LogP contribution in [0, 0.1) is 6.92 Å². The summed E-state index contributed by atoms with van der Waals surface area (Å²) in [4.78, 5) is 37.1. The zero-order valence-electron chi connectivity index (χ0n) is 19.4. The van der Waals surface area contributed by atoms with Crippen LogP contribution in [-0.2, 0) is 11.3 Å². The molecule has 1 aliphatic heterocycles. The standard InChI is InChI=1S/C26H30N4O2S/c1-19-24(26(32)28(2)3)33-22(27-19)18-29-14-16-30(17-15-29)25(31)23(20-10-6-4-7-11-20)21-12-8-5-9-13-21/h4-13,23H,14-18H2,1-3H3. The largest absolute Gasteiger partial charge is 0.344 e. The number of thiazole rings is 1. The SMILES string of the molecule is Cc1nc(CN2CCN(C(=O)C(c3ccccc3)c3ccccc3)CC2)sc1C(=O)N(C)C. The van der Waals surface area contributed by atoms with Gasteiger partial charge >= 0.3 is 0 Å². The van der Waals surface area contributed by atoms with Crippen molar-refractivity contribution in [3.05, 3.63) is 87.4 Å². The molecule has 0 bridgehead atoms. The third-order valence-electron chi connectivity index (χ3n) is 6.00. The Balaban J connectivity index is 1.42. The summed E-state index contributed by atoms with van der Waals surface area (Å²) in [7, 11) is 3.52. The van der Waals surface area contributed by atoms with Crippen molar-refractivity contribution in [3.63, 3.8) is 0 Å². The molecule has 1 aliphatic rings. The Morgan fingerprint density at radius 2 is 1.48 bits per heavy atom. The lowest BCUT2D eigenvalue weighted by atomic mass is 9.90. The van der Waals surface area contributed by atoms with Crippen LogP contribution < -0.4 is 0 Å². The molecule has 0 unspecified atom stereocenters. The molecule has 0 spiro atoms. The summed E-state index contributed by atoms with van der Waals surface area (Å²) in [5.41, 5.74) is 2.83. The molecule has 2 heterocycles. The number of nitrogens with zero attached hydrogens (tertiary/aromatic N) is 4. The van der Waals surface area contributed by atoms with Crippen LogP contribution in [0.2, 0.25) is 0 Å². The van der Waals surface area contributed by atoms with E-state index in [0.717, 1.165) is 34.9 Å². The van der Waals surface area contributed by atoms with Gasteiger partial charge in [-0.1, -0.05) is 60.7 Å². The minimum Gasteiger partial charge on any atom is -0.344 e. The summed E-state index contributed by atoms with van der Waals surface area (Å²) in [6, 6.07) is 20.0. The molecule has 172 valence electrons. The predicted octanol–water partition coefficient (Wildman–Crippen LogP) is 3.63. The highest BCUT2D eigenvalue weighted by Crippen LogP contribution is 2.28. The minimum atomic E-state index is -0.292. The maximum Gasteiger partial charge on any atom is 0.265 e. The van der Waals surface area contributed by atoms with Crippen molar-refractivity contribution in [2.75, 3.05) is 40.3 Å². The van der Waals surface area contributed by atoms with E-state index in [1.54, 1.807) is 19.0 Å². The maximum absolute atomic E-state index is 13.6. The van der Waals surface area contributed by atoms with Gasteiger partial charge in [-0.15, -0.1) is 11.3 Å². The van der Waals surface area contributed by atoms with E-state index >= 15 is 0 Å². The number of amides is 2. The zero-order valence-corrected chi connectivity index (χ0v) is 20.2. The highest BCUT2D eigenvalue weighted by atomic mass is 32.1. The van der Waals surface area contributed by atoms with Gasteiger partial charge in [0.1, 0.15) is 9.88 Å². The average molecular weight is 463 g/mol. The normalized spacial score (nSPS) is 14.5. The molecular formula is C26H30N4O2S. The molecule has 1 fully saturated rings. The van der Waals surface area contributed by atoms with E-state index in [9.17, 15) is 9.59 Å². The number of piperazine rings is 1. The van der Waals surface area contributed by atoms with Crippen LogP contribution in [0.4, 0.5) is 0 Å². The Bertz CT molecular complexity index is 1050. The molecule has 33 heavy (non-hydrogen) atoms. The number of hydrogen-bond donors (Lipinski definition) is 0. The van der Waals surface area contributed by atoms with E-state index in [-0.39, 0.29) is 17.7 Å². The molecule has 7 heteroatoms. The van der Waals surface area contributed by atoms with E-state index in [0.29, 0.717) is 24.5 Å². The molecule has 0 radical (unpaired) electrons. The fraction of sp³-hybridized carbons (Fsp3) is 0.346. The summed E-state index contributed by atoms with van der Waals surface area (Å²) in [5, 5.41) is 0.948. The van der Waals surface area contributed by atoms with E-state index in [1.165, 1.54) is 11.3 Å². The van der Waals surface area contributed by atoms with Gasteiger partial charge in [0.25, 0.3) is 5.91 Å². The van der Waals surface area contributed by atoms with Gasteiger partial charge in [-0.3, -0.25) is 14.5 Å². The number of carbonyl (C=O) groups excluding carboxylic acids is 2. The van der Waals surface area contributed by atoms with Gasteiger partial charge in [-0.25, -0.2) is 4.98 Å². The molecule has 3 aromatic rings. The number of benzene rings is 2. The highest BCUT2D eigenvalue weighted by molar-refractivity contribution is 7.13. The molecule has 1 aromatic heterocycles. The quantitative estimate of drug-likeness (QED) is 0.561. The van der Waals surface area contributed by atoms with Gasteiger partial charge in [-0.05, 0) is 18.1 Å². The first kappa shape index (κ1) is 23.1. The summed E-state index contributed by atoms with van der Waals surface area (Å²) >= 11 is 1.47. The van der Waals surface area contributed by atoms with Gasteiger partial charge in [0.2, 0.25) is 5.91 Å². The van der Waals surface area contributed by atoms with Crippen LogP contribution in [0.25, 0.3) is 0 Å². The fourth-order valence-electron chi connectivity index (χ4n) is 4.19. The molecule has 0 atom stereocenters. The Hall–Kier alpha value is -3.03. The number of aryl methyl sites for hydroxylation is 1. The first-order valence-corrected chi connectivity index (χ1v) is 12.0.